The lowest BCUT2D eigenvalue weighted by Gasteiger charge is -2.38. The van der Waals surface area contributed by atoms with Crippen molar-refractivity contribution in [2.24, 2.45) is 5.41 Å². The van der Waals surface area contributed by atoms with Crippen molar-refractivity contribution in [1.82, 2.24) is 4.72 Å². The van der Waals surface area contributed by atoms with E-state index in [0.29, 0.717) is 6.54 Å². The first-order valence-corrected chi connectivity index (χ1v) is 5.97. The lowest BCUT2D eigenvalue weighted by atomic mass is 9.71. The molecule has 0 aliphatic heterocycles. The van der Waals surface area contributed by atoms with Gasteiger partial charge in [-0.25, -0.2) is 13.1 Å². The van der Waals surface area contributed by atoms with Gasteiger partial charge in [0.1, 0.15) is 0 Å². The van der Waals surface area contributed by atoms with Crippen LogP contribution in [0, 0.1) is 16.7 Å². The standard InChI is InChI=1S/C8H14N2O2S/c1-8(3-2-4-8)7-10-13(11,12)6-5-9/h10H,2-4,6-7H2,1H3. The van der Waals surface area contributed by atoms with Crippen molar-refractivity contribution in [2.45, 2.75) is 26.2 Å². The molecule has 0 atom stereocenters. The van der Waals surface area contributed by atoms with Crippen molar-refractivity contribution in [3.8, 4) is 6.07 Å². The molecule has 74 valence electrons. The van der Waals surface area contributed by atoms with E-state index in [1.54, 1.807) is 6.07 Å². The Kier molecular flexibility index (Phi) is 2.94. The van der Waals surface area contributed by atoms with E-state index in [0.717, 1.165) is 12.8 Å². The van der Waals surface area contributed by atoms with Crippen LogP contribution in [-0.2, 0) is 10.0 Å². The average molecular weight is 202 g/mol. The summed E-state index contributed by atoms with van der Waals surface area (Å²) in [4.78, 5) is 0. The summed E-state index contributed by atoms with van der Waals surface area (Å²) in [7, 11) is -3.35. The third-order valence-corrected chi connectivity index (χ3v) is 3.63. The first kappa shape index (κ1) is 10.5. The molecule has 1 aliphatic rings. The molecule has 0 aromatic carbocycles. The Morgan fingerprint density at radius 3 is 2.54 bits per heavy atom. The second-order valence-electron chi connectivity index (χ2n) is 3.90. The Balaban J connectivity index is 2.38. The van der Waals surface area contributed by atoms with E-state index in [1.165, 1.54) is 6.42 Å². The van der Waals surface area contributed by atoms with Gasteiger partial charge in [-0.2, -0.15) is 5.26 Å². The predicted octanol–water partition coefficient (Wildman–Crippen LogP) is 0.620. The lowest BCUT2D eigenvalue weighted by Crippen LogP contribution is -2.40. The van der Waals surface area contributed by atoms with Crippen LogP contribution in [0.15, 0.2) is 0 Å². The zero-order valence-electron chi connectivity index (χ0n) is 7.71. The molecule has 1 rings (SSSR count). The molecule has 0 bridgehead atoms. The molecule has 0 amide bonds. The molecule has 1 aliphatic carbocycles. The second kappa shape index (κ2) is 3.64. The predicted molar refractivity (Wildman–Crippen MR) is 49.4 cm³/mol. The maximum absolute atomic E-state index is 11.1. The highest BCUT2D eigenvalue weighted by atomic mass is 32.2. The molecule has 0 spiro atoms. The van der Waals surface area contributed by atoms with Crippen LogP contribution in [0.25, 0.3) is 0 Å². The molecule has 1 N–H and O–H groups in total. The topological polar surface area (TPSA) is 70.0 Å². The van der Waals surface area contributed by atoms with Crippen molar-refractivity contribution >= 4 is 10.0 Å². The number of nitriles is 1. The zero-order valence-corrected chi connectivity index (χ0v) is 8.52. The molecule has 1 fully saturated rings. The van der Waals surface area contributed by atoms with Gasteiger partial charge in [0.25, 0.3) is 0 Å². The van der Waals surface area contributed by atoms with Gasteiger partial charge in [0.05, 0.1) is 6.07 Å². The first-order valence-electron chi connectivity index (χ1n) is 4.32. The van der Waals surface area contributed by atoms with E-state index in [1.807, 2.05) is 0 Å². The Hall–Kier alpha value is -0.600. The van der Waals surface area contributed by atoms with E-state index < -0.39 is 15.8 Å². The third-order valence-electron chi connectivity index (χ3n) is 2.53. The van der Waals surface area contributed by atoms with Crippen LogP contribution < -0.4 is 4.72 Å². The van der Waals surface area contributed by atoms with Crippen molar-refractivity contribution in [1.29, 1.82) is 5.26 Å². The van der Waals surface area contributed by atoms with E-state index in [-0.39, 0.29) is 5.41 Å². The summed E-state index contributed by atoms with van der Waals surface area (Å²) in [6.07, 6.45) is 3.32. The number of hydrogen-bond donors (Lipinski definition) is 1. The van der Waals surface area contributed by atoms with Crippen molar-refractivity contribution in [3.05, 3.63) is 0 Å². The van der Waals surface area contributed by atoms with Gasteiger partial charge in [-0.1, -0.05) is 13.3 Å². The van der Waals surface area contributed by atoms with E-state index in [4.69, 9.17) is 5.26 Å². The molecule has 5 heteroatoms. The normalized spacial score (nSPS) is 20.3. The Morgan fingerprint density at radius 1 is 1.54 bits per heavy atom. The van der Waals surface area contributed by atoms with Crippen LogP contribution in [0.4, 0.5) is 0 Å². The highest BCUT2D eigenvalue weighted by Gasteiger charge is 2.32. The smallest absolute Gasteiger partial charge is 0.214 e. The van der Waals surface area contributed by atoms with Gasteiger partial charge in [-0.15, -0.1) is 0 Å². The minimum absolute atomic E-state index is 0.128. The zero-order chi connectivity index (χ0) is 9.95. The molecule has 4 nitrogen and oxygen atoms in total. The van der Waals surface area contributed by atoms with Crippen LogP contribution >= 0.6 is 0 Å². The van der Waals surface area contributed by atoms with Crippen LogP contribution in [0.2, 0.25) is 0 Å². The molecule has 13 heavy (non-hydrogen) atoms. The molecule has 0 heterocycles. The van der Waals surface area contributed by atoms with Crippen LogP contribution in [0.3, 0.4) is 0 Å². The third kappa shape index (κ3) is 2.98. The molecule has 0 aromatic heterocycles. The summed E-state index contributed by atoms with van der Waals surface area (Å²) in [6, 6.07) is 1.63. The summed E-state index contributed by atoms with van der Waals surface area (Å²) in [6.45, 7) is 2.53. The summed E-state index contributed by atoms with van der Waals surface area (Å²) in [5.41, 5.74) is 0.128. The summed E-state index contributed by atoms with van der Waals surface area (Å²) in [5, 5.41) is 8.23. The maximum atomic E-state index is 11.1. The van der Waals surface area contributed by atoms with E-state index in [2.05, 4.69) is 11.6 Å². The van der Waals surface area contributed by atoms with Gasteiger partial charge in [0.15, 0.2) is 5.75 Å². The highest BCUT2D eigenvalue weighted by Crippen LogP contribution is 2.39. The maximum Gasteiger partial charge on any atom is 0.225 e. The Labute approximate surface area is 79.0 Å². The molecule has 0 radical (unpaired) electrons. The van der Waals surface area contributed by atoms with Gasteiger partial charge in [0, 0.05) is 6.54 Å². The summed E-state index contributed by atoms with van der Waals surface area (Å²) < 4.78 is 24.6. The number of rotatable bonds is 4. The lowest BCUT2D eigenvalue weighted by molar-refractivity contribution is 0.166. The van der Waals surface area contributed by atoms with Gasteiger partial charge in [-0.05, 0) is 18.3 Å². The highest BCUT2D eigenvalue weighted by molar-refractivity contribution is 7.89. The molecule has 1 saturated carbocycles. The summed E-state index contributed by atoms with van der Waals surface area (Å²) in [5.74, 6) is -0.441. The quantitative estimate of drug-likeness (QED) is 0.726. The number of nitrogens with one attached hydrogen (secondary N) is 1. The fourth-order valence-electron chi connectivity index (χ4n) is 1.38. The molecule has 0 saturated heterocycles. The summed E-state index contributed by atoms with van der Waals surface area (Å²) >= 11 is 0. The van der Waals surface area contributed by atoms with Gasteiger partial charge >= 0.3 is 0 Å². The Bertz CT molecular complexity index is 312. The fraction of sp³-hybridized carbons (Fsp3) is 0.875. The first-order chi connectivity index (χ1) is 5.97. The van der Waals surface area contributed by atoms with Gasteiger partial charge < -0.3 is 0 Å². The number of hydrogen-bond acceptors (Lipinski definition) is 3. The minimum Gasteiger partial charge on any atom is -0.214 e. The second-order valence-corrected chi connectivity index (χ2v) is 5.71. The molecular weight excluding hydrogens is 188 g/mol. The van der Waals surface area contributed by atoms with E-state index >= 15 is 0 Å². The molecule has 0 unspecified atom stereocenters. The minimum atomic E-state index is -3.35. The number of sulfonamides is 1. The van der Waals surface area contributed by atoms with Crippen LogP contribution in [0.5, 0.6) is 0 Å². The number of nitrogens with zero attached hydrogens (tertiary/aromatic N) is 1. The Morgan fingerprint density at radius 2 is 2.15 bits per heavy atom. The van der Waals surface area contributed by atoms with E-state index in [9.17, 15) is 8.42 Å². The SMILES string of the molecule is CC1(CNS(=O)(=O)CC#N)CCC1. The van der Waals surface area contributed by atoms with Crippen molar-refractivity contribution in [2.75, 3.05) is 12.3 Å². The van der Waals surface area contributed by atoms with Gasteiger partial charge in [-0.3, -0.25) is 0 Å². The average Bonchev–Trinajstić information content (AvgIpc) is 1.97. The van der Waals surface area contributed by atoms with Crippen LogP contribution in [-0.4, -0.2) is 20.7 Å². The fourth-order valence-corrected chi connectivity index (χ4v) is 2.22. The largest absolute Gasteiger partial charge is 0.225 e. The van der Waals surface area contributed by atoms with Crippen molar-refractivity contribution in [3.63, 3.8) is 0 Å². The van der Waals surface area contributed by atoms with Crippen molar-refractivity contribution < 1.29 is 8.42 Å². The molecule has 0 aromatic rings. The molecular formula is C8H14N2O2S. The van der Waals surface area contributed by atoms with Crippen LogP contribution in [0.1, 0.15) is 26.2 Å². The monoisotopic (exact) mass is 202 g/mol. The van der Waals surface area contributed by atoms with Gasteiger partial charge in [0.2, 0.25) is 10.0 Å².